The lowest BCUT2D eigenvalue weighted by molar-refractivity contribution is -0.119. The molecule has 36 heavy (non-hydrogen) atoms. The first-order valence-corrected chi connectivity index (χ1v) is 12.0. The number of fused-ring (bicyclic) bond motifs is 2. The summed E-state index contributed by atoms with van der Waals surface area (Å²) in [5.41, 5.74) is 3.69. The molecule has 5 rings (SSSR count). The van der Waals surface area contributed by atoms with Gasteiger partial charge in [-0.05, 0) is 59.7 Å². The molecule has 1 amide bonds. The number of hydrogen-bond acceptors (Lipinski definition) is 6. The van der Waals surface area contributed by atoms with Crippen LogP contribution in [0.3, 0.4) is 0 Å². The van der Waals surface area contributed by atoms with Gasteiger partial charge in [0.15, 0.2) is 6.61 Å². The van der Waals surface area contributed by atoms with Crippen molar-refractivity contribution < 1.29 is 27.8 Å². The Labute approximate surface area is 209 Å². The molecule has 2 aromatic carbocycles. The molecular formula is C27H20F2N2O4S. The van der Waals surface area contributed by atoms with Crippen LogP contribution in [0.2, 0.25) is 0 Å². The van der Waals surface area contributed by atoms with Crippen LogP contribution in [0.1, 0.15) is 32.9 Å². The van der Waals surface area contributed by atoms with Crippen LogP contribution < -0.4 is 10.1 Å². The van der Waals surface area contributed by atoms with Gasteiger partial charge < -0.3 is 14.8 Å². The van der Waals surface area contributed by atoms with Crippen LogP contribution in [0.25, 0.3) is 22.6 Å². The molecule has 0 spiro atoms. The molecule has 182 valence electrons. The number of benzene rings is 2. The number of amides is 1. The van der Waals surface area contributed by atoms with Crippen molar-refractivity contribution in [1.82, 2.24) is 4.98 Å². The van der Waals surface area contributed by atoms with Crippen LogP contribution in [0.15, 0.2) is 66.0 Å². The summed E-state index contributed by atoms with van der Waals surface area (Å²) in [7, 11) is 0. The number of nitrogens with one attached hydrogen (secondary N) is 1. The summed E-state index contributed by atoms with van der Waals surface area (Å²) < 4.78 is 35.1. The quantitative estimate of drug-likeness (QED) is 0.303. The predicted octanol–water partition coefficient (Wildman–Crippen LogP) is 6.18. The summed E-state index contributed by atoms with van der Waals surface area (Å²) in [6, 6.07) is 17.1. The average molecular weight is 507 g/mol. The number of halogens is 2. The van der Waals surface area contributed by atoms with Crippen molar-refractivity contribution in [3.8, 4) is 5.75 Å². The number of nitrogens with zero attached hydrogens (tertiary/aromatic N) is 1. The Morgan fingerprint density at radius 3 is 2.67 bits per heavy atom. The minimum absolute atomic E-state index is 0.0532. The van der Waals surface area contributed by atoms with E-state index in [1.54, 1.807) is 23.5 Å². The number of thiophene rings is 1. The maximum absolute atomic E-state index is 13.2. The van der Waals surface area contributed by atoms with Crippen molar-refractivity contribution in [1.29, 1.82) is 0 Å². The molecule has 4 aromatic rings. The number of esters is 1. The minimum atomic E-state index is -3.04. The summed E-state index contributed by atoms with van der Waals surface area (Å²) in [6.07, 6.45) is 3.44. The van der Waals surface area contributed by atoms with Gasteiger partial charge in [-0.3, -0.25) is 4.79 Å². The Morgan fingerprint density at radius 2 is 1.86 bits per heavy atom. The number of hydrogen-bond donors (Lipinski definition) is 1. The maximum atomic E-state index is 13.2. The van der Waals surface area contributed by atoms with Gasteiger partial charge in [0.25, 0.3) is 5.91 Å². The molecule has 0 saturated heterocycles. The monoisotopic (exact) mass is 506 g/mol. The molecule has 1 aliphatic carbocycles. The van der Waals surface area contributed by atoms with Gasteiger partial charge in [-0.25, -0.2) is 9.78 Å². The van der Waals surface area contributed by atoms with Gasteiger partial charge in [-0.2, -0.15) is 8.78 Å². The first-order chi connectivity index (χ1) is 17.5. The Bertz CT molecular complexity index is 1470. The SMILES string of the molecule is O=C(COC(=O)c1c2c(nc3ccccc13)C(=Cc1cccs1)CC2)Nc1ccccc1OC(F)F. The molecule has 0 fully saturated rings. The Balaban J connectivity index is 1.39. The third-order valence-corrected chi connectivity index (χ3v) is 6.54. The largest absolute Gasteiger partial charge is 0.452 e. The molecule has 2 aromatic heterocycles. The van der Waals surface area contributed by atoms with E-state index in [2.05, 4.69) is 16.1 Å². The van der Waals surface area contributed by atoms with Crippen molar-refractivity contribution >= 4 is 51.5 Å². The third kappa shape index (κ3) is 4.96. The van der Waals surface area contributed by atoms with Crippen LogP contribution in [0, 0.1) is 0 Å². The highest BCUT2D eigenvalue weighted by Gasteiger charge is 2.28. The van der Waals surface area contributed by atoms with E-state index in [1.807, 2.05) is 35.7 Å². The number of ether oxygens (including phenoxy) is 2. The highest BCUT2D eigenvalue weighted by Crippen LogP contribution is 2.38. The van der Waals surface area contributed by atoms with Crippen LogP contribution in [0.4, 0.5) is 14.5 Å². The van der Waals surface area contributed by atoms with E-state index in [1.165, 1.54) is 18.2 Å². The molecule has 0 aliphatic heterocycles. The van der Waals surface area contributed by atoms with Gasteiger partial charge in [0.1, 0.15) is 5.75 Å². The van der Waals surface area contributed by atoms with Crippen molar-refractivity contribution in [2.45, 2.75) is 19.5 Å². The van der Waals surface area contributed by atoms with Crippen LogP contribution in [0.5, 0.6) is 5.75 Å². The smallest absolute Gasteiger partial charge is 0.387 e. The zero-order chi connectivity index (χ0) is 25.1. The normalized spacial score (nSPS) is 13.7. The summed E-state index contributed by atoms with van der Waals surface area (Å²) in [5.74, 6) is -1.51. The van der Waals surface area contributed by atoms with Gasteiger partial charge >= 0.3 is 12.6 Å². The summed E-state index contributed by atoms with van der Waals surface area (Å²) in [4.78, 5) is 31.6. The molecule has 0 bridgehead atoms. The number of alkyl halides is 2. The minimum Gasteiger partial charge on any atom is -0.452 e. The van der Waals surface area contributed by atoms with E-state index < -0.39 is 25.1 Å². The lowest BCUT2D eigenvalue weighted by atomic mass is 10.0. The molecule has 0 saturated carbocycles. The van der Waals surface area contributed by atoms with E-state index in [9.17, 15) is 18.4 Å². The van der Waals surface area contributed by atoms with Crippen molar-refractivity contribution in [3.63, 3.8) is 0 Å². The second-order valence-electron chi connectivity index (χ2n) is 8.02. The maximum Gasteiger partial charge on any atom is 0.387 e. The zero-order valence-electron chi connectivity index (χ0n) is 18.9. The van der Waals surface area contributed by atoms with Gasteiger partial charge in [0, 0.05) is 10.3 Å². The Kier molecular flexibility index (Phi) is 6.73. The number of carbonyl (C=O) groups is 2. The van der Waals surface area contributed by atoms with E-state index in [4.69, 9.17) is 9.72 Å². The average Bonchev–Trinajstić information content (AvgIpc) is 3.52. The standard InChI is InChI=1S/C27H20F2N2O4S/c28-27(29)35-22-10-4-3-9-21(22)30-23(32)15-34-26(33)24-18-7-1-2-8-20(18)31-25-16(11-12-19(24)25)14-17-6-5-13-36-17/h1-10,13-14,27H,11-12,15H2,(H,30,32). The van der Waals surface area contributed by atoms with Crippen LogP contribution in [-0.4, -0.2) is 30.1 Å². The number of allylic oxidation sites excluding steroid dienone is 1. The molecule has 0 atom stereocenters. The number of anilines is 1. The number of para-hydroxylation sites is 3. The molecular weight excluding hydrogens is 486 g/mol. The van der Waals surface area contributed by atoms with E-state index in [-0.39, 0.29) is 11.4 Å². The van der Waals surface area contributed by atoms with Crippen molar-refractivity contribution in [3.05, 3.63) is 87.7 Å². The van der Waals surface area contributed by atoms with Gasteiger partial charge in [-0.1, -0.05) is 36.4 Å². The molecule has 6 nitrogen and oxygen atoms in total. The highest BCUT2D eigenvalue weighted by atomic mass is 32.1. The summed E-state index contributed by atoms with van der Waals surface area (Å²) in [5, 5.41) is 5.10. The van der Waals surface area contributed by atoms with E-state index in [0.717, 1.165) is 28.1 Å². The van der Waals surface area contributed by atoms with Crippen LogP contribution >= 0.6 is 11.3 Å². The first-order valence-electron chi connectivity index (χ1n) is 11.2. The van der Waals surface area contributed by atoms with E-state index in [0.29, 0.717) is 22.9 Å². The fraction of sp³-hybridized carbons (Fsp3) is 0.148. The molecule has 1 aliphatic rings. The summed E-state index contributed by atoms with van der Waals surface area (Å²) >= 11 is 1.62. The molecule has 2 heterocycles. The van der Waals surface area contributed by atoms with Crippen molar-refractivity contribution in [2.24, 2.45) is 0 Å². The van der Waals surface area contributed by atoms with Crippen LogP contribution in [-0.2, 0) is 16.0 Å². The second kappa shape index (κ2) is 10.2. The fourth-order valence-electron chi connectivity index (χ4n) is 4.22. The van der Waals surface area contributed by atoms with Gasteiger partial charge in [0.05, 0.1) is 22.5 Å². The zero-order valence-corrected chi connectivity index (χ0v) is 19.7. The third-order valence-electron chi connectivity index (χ3n) is 5.72. The van der Waals surface area contributed by atoms with Crippen molar-refractivity contribution in [2.75, 3.05) is 11.9 Å². The second-order valence-corrected chi connectivity index (χ2v) is 8.99. The molecule has 9 heteroatoms. The predicted molar refractivity (Wildman–Crippen MR) is 134 cm³/mol. The highest BCUT2D eigenvalue weighted by molar-refractivity contribution is 7.10. The molecule has 0 radical (unpaired) electrons. The van der Waals surface area contributed by atoms with Gasteiger partial charge in [0.2, 0.25) is 0 Å². The summed E-state index contributed by atoms with van der Waals surface area (Å²) in [6.45, 7) is -3.63. The number of carbonyl (C=O) groups excluding carboxylic acids is 2. The van der Waals surface area contributed by atoms with Gasteiger partial charge in [-0.15, -0.1) is 11.3 Å². The first kappa shape index (κ1) is 23.6. The van der Waals surface area contributed by atoms with E-state index >= 15 is 0 Å². The number of pyridine rings is 1. The fourth-order valence-corrected chi connectivity index (χ4v) is 4.90. The lowest BCUT2D eigenvalue weighted by Gasteiger charge is -2.13. The Morgan fingerprint density at radius 1 is 1.06 bits per heavy atom. The number of aromatic nitrogens is 1. The Hall–Kier alpha value is -4.11. The lowest BCUT2D eigenvalue weighted by Crippen LogP contribution is -2.22. The molecule has 0 unspecified atom stereocenters. The number of rotatable bonds is 7. The topological polar surface area (TPSA) is 77.5 Å². The molecule has 1 N–H and O–H groups in total.